The van der Waals surface area contributed by atoms with Crippen LogP contribution in [0.1, 0.15) is 18.9 Å². The molecule has 4 nitrogen and oxygen atoms in total. The number of hydrogen-bond acceptors (Lipinski definition) is 4. The maximum Gasteiger partial charge on any atom is 0.260 e. The summed E-state index contributed by atoms with van der Waals surface area (Å²) in [6.07, 6.45) is 4.05. The lowest BCUT2D eigenvalue weighted by atomic mass is 10.2. The van der Waals surface area contributed by atoms with E-state index in [0.29, 0.717) is 22.4 Å². The standard InChI is InChI=1S/C11H11N3OS/c12-11-13-9(6-16-11)8-2-1-5-14(10(8)15)7-3-4-7/h1-2,5-7H,3-4H2,(H2,12,13). The Morgan fingerprint density at radius 1 is 1.50 bits per heavy atom. The van der Waals surface area contributed by atoms with Crippen molar-refractivity contribution in [2.75, 3.05) is 5.73 Å². The Morgan fingerprint density at radius 2 is 2.31 bits per heavy atom. The fourth-order valence-corrected chi connectivity index (χ4v) is 2.32. The summed E-state index contributed by atoms with van der Waals surface area (Å²) in [5.41, 5.74) is 6.94. The van der Waals surface area contributed by atoms with Crippen molar-refractivity contribution in [1.82, 2.24) is 9.55 Å². The molecule has 0 saturated heterocycles. The number of anilines is 1. The Bertz CT molecular complexity index is 583. The Balaban J connectivity index is 2.14. The number of pyridine rings is 1. The lowest BCUT2D eigenvalue weighted by Crippen LogP contribution is -2.19. The van der Waals surface area contributed by atoms with Crippen LogP contribution >= 0.6 is 11.3 Å². The summed E-state index contributed by atoms with van der Waals surface area (Å²) in [6.45, 7) is 0. The van der Waals surface area contributed by atoms with Crippen LogP contribution in [0.15, 0.2) is 28.5 Å². The summed E-state index contributed by atoms with van der Waals surface area (Å²) < 4.78 is 1.80. The minimum Gasteiger partial charge on any atom is -0.375 e. The fourth-order valence-electron chi connectivity index (χ4n) is 1.76. The first-order valence-corrected chi connectivity index (χ1v) is 6.06. The molecule has 5 heteroatoms. The third kappa shape index (κ3) is 1.53. The van der Waals surface area contributed by atoms with Gasteiger partial charge in [0.2, 0.25) is 0 Å². The summed E-state index contributed by atoms with van der Waals surface area (Å²) in [6, 6.07) is 4.09. The van der Waals surface area contributed by atoms with Gasteiger partial charge in [0.15, 0.2) is 5.13 Å². The Labute approximate surface area is 96.4 Å². The van der Waals surface area contributed by atoms with Gasteiger partial charge in [-0.1, -0.05) is 0 Å². The maximum absolute atomic E-state index is 12.1. The van der Waals surface area contributed by atoms with Gasteiger partial charge in [-0.15, -0.1) is 11.3 Å². The predicted molar refractivity (Wildman–Crippen MR) is 64.5 cm³/mol. The number of thiazole rings is 1. The van der Waals surface area contributed by atoms with Crippen molar-refractivity contribution in [1.29, 1.82) is 0 Å². The van der Waals surface area contributed by atoms with Gasteiger partial charge in [0.25, 0.3) is 5.56 Å². The third-order valence-electron chi connectivity index (χ3n) is 2.71. The second kappa shape index (κ2) is 3.45. The minimum atomic E-state index is 0.0373. The Hall–Kier alpha value is -1.62. The van der Waals surface area contributed by atoms with Crippen molar-refractivity contribution < 1.29 is 0 Å². The molecule has 2 heterocycles. The lowest BCUT2D eigenvalue weighted by Gasteiger charge is -2.04. The van der Waals surface area contributed by atoms with Gasteiger partial charge in [-0.25, -0.2) is 4.98 Å². The van der Waals surface area contributed by atoms with Gasteiger partial charge in [0, 0.05) is 17.6 Å². The number of nitrogens with two attached hydrogens (primary N) is 1. The van der Waals surface area contributed by atoms with E-state index in [1.165, 1.54) is 11.3 Å². The van der Waals surface area contributed by atoms with Crippen LogP contribution in [0.5, 0.6) is 0 Å². The van der Waals surface area contributed by atoms with E-state index in [-0.39, 0.29) is 5.56 Å². The van der Waals surface area contributed by atoms with Crippen LogP contribution in [0.4, 0.5) is 5.13 Å². The first-order chi connectivity index (χ1) is 7.75. The predicted octanol–water partition coefficient (Wildman–Crippen LogP) is 1.89. The average molecular weight is 233 g/mol. The zero-order valence-corrected chi connectivity index (χ0v) is 9.41. The van der Waals surface area contributed by atoms with Crippen molar-refractivity contribution in [2.45, 2.75) is 18.9 Å². The Morgan fingerprint density at radius 3 is 2.94 bits per heavy atom. The molecule has 0 unspecified atom stereocenters. The average Bonchev–Trinajstić information content (AvgIpc) is 3.02. The molecule has 0 aromatic carbocycles. The van der Waals surface area contributed by atoms with Crippen LogP contribution in [0, 0.1) is 0 Å². The molecule has 0 radical (unpaired) electrons. The van der Waals surface area contributed by atoms with Crippen LogP contribution in [-0.4, -0.2) is 9.55 Å². The molecule has 0 atom stereocenters. The smallest absolute Gasteiger partial charge is 0.260 e. The molecule has 82 valence electrons. The zero-order chi connectivity index (χ0) is 11.1. The van der Waals surface area contributed by atoms with E-state index in [4.69, 9.17) is 5.73 Å². The van der Waals surface area contributed by atoms with Gasteiger partial charge in [-0.05, 0) is 25.0 Å². The topological polar surface area (TPSA) is 60.9 Å². The SMILES string of the molecule is Nc1nc(-c2cccn(C3CC3)c2=O)cs1. The quantitative estimate of drug-likeness (QED) is 0.861. The molecule has 16 heavy (non-hydrogen) atoms. The van der Waals surface area contributed by atoms with Crippen molar-refractivity contribution in [3.8, 4) is 11.3 Å². The summed E-state index contributed by atoms with van der Waals surface area (Å²) >= 11 is 1.36. The largest absolute Gasteiger partial charge is 0.375 e. The summed E-state index contributed by atoms with van der Waals surface area (Å²) in [7, 11) is 0. The lowest BCUT2D eigenvalue weighted by molar-refractivity contribution is 0.709. The second-order valence-corrected chi connectivity index (χ2v) is 4.83. The van der Waals surface area contributed by atoms with E-state index in [9.17, 15) is 4.79 Å². The van der Waals surface area contributed by atoms with Crippen molar-refractivity contribution in [3.05, 3.63) is 34.1 Å². The van der Waals surface area contributed by atoms with Crippen molar-refractivity contribution >= 4 is 16.5 Å². The molecule has 0 amide bonds. The maximum atomic E-state index is 12.1. The van der Waals surface area contributed by atoms with Crippen LogP contribution in [0.2, 0.25) is 0 Å². The van der Waals surface area contributed by atoms with Gasteiger partial charge in [-0.3, -0.25) is 4.79 Å². The zero-order valence-electron chi connectivity index (χ0n) is 8.59. The van der Waals surface area contributed by atoms with Gasteiger partial charge >= 0.3 is 0 Å². The molecule has 2 aromatic heterocycles. The molecular formula is C11H11N3OS. The van der Waals surface area contributed by atoms with E-state index in [1.807, 2.05) is 17.6 Å². The van der Waals surface area contributed by atoms with E-state index in [2.05, 4.69) is 4.98 Å². The van der Waals surface area contributed by atoms with Crippen molar-refractivity contribution in [3.63, 3.8) is 0 Å². The summed E-state index contributed by atoms with van der Waals surface area (Å²) in [5, 5.41) is 2.32. The molecule has 1 aliphatic carbocycles. The normalized spacial score (nSPS) is 15.2. The first kappa shape index (κ1) is 9.59. The number of aromatic nitrogens is 2. The first-order valence-electron chi connectivity index (χ1n) is 5.18. The summed E-state index contributed by atoms with van der Waals surface area (Å²) in [4.78, 5) is 16.3. The highest BCUT2D eigenvalue weighted by Crippen LogP contribution is 2.33. The molecule has 3 rings (SSSR count). The third-order valence-corrected chi connectivity index (χ3v) is 3.39. The molecule has 0 aliphatic heterocycles. The number of nitrogens with zero attached hydrogens (tertiary/aromatic N) is 2. The highest BCUT2D eigenvalue weighted by molar-refractivity contribution is 7.13. The van der Waals surface area contributed by atoms with E-state index in [0.717, 1.165) is 12.8 Å². The van der Waals surface area contributed by atoms with Gasteiger partial charge < -0.3 is 10.3 Å². The minimum absolute atomic E-state index is 0.0373. The van der Waals surface area contributed by atoms with Crippen LogP contribution in [0.25, 0.3) is 11.3 Å². The number of nitrogen functional groups attached to an aromatic ring is 1. The van der Waals surface area contributed by atoms with Gasteiger partial charge in [0.05, 0.1) is 11.3 Å². The molecular weight excluding hydrogens is 222 g/mol. The Kier molecular flexibility index (Phi) is 2.07. The van der Waals surface area contributed by atoms with E-state index < -0.39 is 0 Å². The second-order valence-electron chi connectivity index (χ2n) is 3.94. The van der Waals surface area contributed by atoms with Crippen LogP contribution < -0.4 is 11.3 Å². The van der Waals surface area contributed by atoms with Crippen LogP contribution in [0.3, 0.4) is 0 Å². The fraction of sp³-hybridized carbons (Fsp3) is 0.273. The highest BCUT2D eigenvalue weighted by Gasteiger charge is 2.25. The number of rotatable bonds is 2. The monoisotopic (exact) mass is 233 g/mol. The summed E-state index contributed by atoms with van der Waals surface area (Å²) in [5.74, 6) is 0. The molecule has 1 fully saturated rings. The van der Waals surface area contributed by atoms with Crippen molar-refractivity contribution in [2.24, 2.45) is 0 Å². The highest BCUT2D eigenvalue weighted by atomic mass is 32.1. The van der Waals surface area contributed by atoms with Gasteiger partial charge in [0.1, 0.15) is 0 Å². The van der Waals surface area contributed by atoms with Crippen LogP contribution in [-0.2, 0) is 0 Å². The van der Waals surface area contributed by atoms with E-state index >= 15 is 0 Å². The molecule has 0 bridgehead atoms. The number of hydrogen-bond donors (Lipinski definition) is 1. The molecule has 0 spiro atoms. The molecule has 2 N–H and O–H groups in total. The molecule has 2 aromatic rings. The molecule has 1 aliphatic rings. The van der Waals surface area contributed by atoms with Gasteiger partial charge in [-0.2, -0.15) is 0 Å². The van der Waals surface area contributed by atoms with E-state index in [1.54, 1.807) is 10.6 Å². The molecule has 1 saturated carbocycles.